The fourth-order valence-corrected chi connectivity index (χ4v) is 4.44. The second-order valence-corrected chi connectivity index (χ2v) is 7.43. The zero-order valence-corrected chi connectivity index (χ0v) is 15.1. The Hall–Kier alpha value is -0.770. The zero-order chi connectivity index (χ0) is 15.7. The number of carbonyl (C=O) groups is 1. The van der Waals surface area contributed by atoms with Gasteiger partial charge in [-0.25, -0.2) is 0 Å². The van der Waals surface area contributed by atoms with E-state index in [0.717, 1.165) is 18.4 Å². The van der Waals surface area contributed by atoms with Gasteiger partial charge < -0.3 is 11.1 Å². The molecule has 0 spiro atoms. The number of hydrogen-bond acceptors (Lipinski definition) is 2. The molecule has 2 saturated carbocycles. The van der Waals surface area contributed by atoms with E-state index in [-0.39, 0.29) is 24.2 Å². The Balaban J connectivity index is 0.00000192. The average molecular weight is 357 g/mol. The Kier molecular flexibility index (Phi) is 6.35. The van der Waals surface area contributed by atoms with E-state index >= 15 is 0 Å². The fourth-order valence-electron chi connectivity index (χ4n) is 4.24. The fraction of sp³-hybridized carbons (Fsp3) is 0.611. The molecular weight excluding hydrogens is 331 g/mol. The number of carbonyl (C=O) groups excluding carboxylic acids is 1. The molecule has 2 fully saturated rings. The molecule has 0 heterocycles. The summed E-state index contributed by atoms with van der Waals surface area (Å²) in [5, 5.41) is 4.00. The molecule has 0 aromatic heterocycles. The molecule has 2 aliphatic carbocycles. The molecule has 1 aromatic rings. The van der Waals surface area contributed by atoms with Crippen LogP contribution in [0.15, 0.2) is 24.3 Å². The Morgan fingerprint density at radius 3 is 2.57 bits per heavy atom. The molecule has 3 rings (SSSR count). The highest BCUT2D eigenvalue weighted by Gasteiger charge is 2.40. The first-order chi connectivity index (χ1) is 10.5. The lowest BCUT2D eigenvalue weighted by molar-refractivity contribution is -0.124. The summed E-state index contributed by atoms with van der Waals surface area (Å²) in [4.78, 5) is 12.7. The lowest BCUT2D eigenvalue weighted by atomic mass is 9.67. The van der Waals surface area contributed by atoms with Gasteiger partial charge in [-0.05, 0) is 62.1 Å². The quantitative estimate of drug-likeness (QED) is 0.862. The molecule has 3 nitrogen and oxygen atoms in total. The first-order valence-electron chi connectivity index (χ1n) is 8.36. The molecule has 1 aromatic carbocycles. The van der Waals surface area contributed by atoms with Crippen LogP contribution < -0.4 is 11.1 Å². The predicted molar refractivity (Wildman–Crippen MR) is 97.1 cm³/mol. The van der Waals surface area contributed by atoms with Gasteiger partial charge in [0, 0.05) is 17.1 Å². The molecule has 128 valence electrons. The molecule has 3 atom stereocenters. The van der Waals surface area contributed by atoms with Crippen molar-refractivity contribution in [3.63, 3.8) is 0 Å². The second kappa shape index (κ2) is 7.87. The minimum atomic E-state index is -0.171. The summed E-state index contributed by atoms with van der Waals surface area (Å²) in [6, 6.07) is 8.20. The van der Waals surface area contributed by atoms with E-state index in [0.29, 0.717) is 28.9 Å². The van der Waals surface area contributed by atoms with Crippen LogP contribution in [0.1, 0.15) is 50.5 Å². The van der Waals surface area contributed by atoms with Gasteiger partial charge in [-0.15, -0.1) is 12.4 Å². The third-order valence-electron chi connectivity index (χ3n) is 5.43. The van der Waals surface area contributed by atoms with Crippen molar-refractivity contribution in [1.29, 1.82) is 0 Å². The van der Waals surface area contributed by atoms with E-state index in [1.807, 2.05) is 31.2 Å². The van der Waals surface area contributed by atoms with Crippen LogP contribution in [0.3, 0.4) is 0 Å². The van der Waals surface area contributed by atoms with Gasteiger partial charge in [-0.3, -0.25) is 4.79 Å². The smallest absolute Gasteiger partial charge is 0.227 e. The number of amides is 1. The van der Waals surface area contributed by atoms with Crippen LogP contribution in [-0.4, -0.2) is 18.0 Å². The summed E-state index contributed by atoms with van der Waals surface area (Å²) in [7, 11) is 0. The van der Waals surface area contributed by atoms with Crippen LogP contribution in [0, 0.1) is 11.8 Å². The molecule has 0 aliphatic heterocycles. The van der Waals surface area contributed by atoms with E-state index in [1.54, 1.807) is 0 Å². The second-order valence-electron chi connectivity index (χ2n) is 6.99. The van der Waals surface area contributed by atoms with Gasteiger partial charge in [0.1, 0.15) is 0 Å². The summed E-state index contributed by atoms with van der Waals surface area (Å²) in [6.07, 6.45) is 5.76. The van der Waals surface area contributed by atoms with Gasteiger partial charge in [-0.2, -0.15) is 0 Å². The number of benzene rings is 1. The molecule has 0 radical (unpaired) electrons. The molecule has 5 heteroatoms. The number of fused-ring (bicyclic) bond motifs is 2. The highest BCUT2D eigenvalue weighted by atomic mass is 35.5. The summed E-state index contributed by atoms with van der Waals surface area (Å²) < 4.78 is 0. The molecule has 2 aliphatic rings. The van der Waals surface area contributed by atoms with Crippen molar-refractivity contribution in [3.8, 4) is 0 Å². The monoisotopic (exact) mass is 356 g/mol. The van der Waals surface area contributed by atoms with Crippen molar-refractivity contribution >= 4 is 29.9 Å². The van der Waals surface area contributed by atoms with Gasteiger partial charge in [0.05, 0.1) is 5.92 Å². The maximum atomic E-state index is 12.7. The lowest BCUT2D eigenvalue weighted by Gasteiger charge is -2.45. The first kappa shape index (κ1) is 18.6. The van der Waals surface area contributed by atoms with Gasteiger partial charge in [0.2, 0.25) is 5.91 Å². The van der Waals surface area contributed by atoms with Gasteiger partial charge in [0.15, 0.2) is 0 Å². The van der Waals surface area contributed by atoms with E-state index in [9.17, 15) is 4.79 Å². The van der Waals surface area contributed by atoms with Crippen molar-refractivity contribution in [2.45, 2.75) is 57.0 Å². The van der Waals surface area contributed by atoms with E-state index < -0.39 is 0 Å². The predicted octanol–water partition coefficient (Wildman–Crippen LogP) is 3.89. The molecule has 1 amide bonds. The van der Waals surface area contributed by atoms with E-state index in [4.69, 9.17) is 17.3 Å². The van der Waals surface area contributed by atoms with E-state index in [1.165, 1.54) is 19.3 Å². The van der Waals surface area contributed by atoms with Crippen LogP contribution in [0.5, 0.6) is 0 Å². The summed E-state index contributed by atoms with van der Waals surface area (Å²) in [5.41, 5.74) is 7.13. The van der Waals surface area contributed by atoms with Crippen molar-refractivity contribution in [3.05, 3.63) is 34.9 Å². The van der Waals surface area contributed by atoms with Crippen LogP contribution in [0.25, 0.3) is 0 Å². The Morgan fingerprint density at radius 2 is 1.96 bits per heavy atom. The highest BCUT2D eigenvalue weighted by molar-refractivity contribution is 6.30. The standard InChI is InChI=1S/C18H25ClN2O.ClH/c1-11(12-4-3-7-15(19)8-12)18(22)21-17-13-5-2-6-14(17)10-16(20)9-13;/h3-4,7-8,11,13-14,16-17H,2,5-6,9-10,20H2,1H3,(H,21,22);1H. The number of nitrogens with one attached hydrogen (secondary N) is 1. The maximum absolute atomic E-state index is 12.7. The number of nitrogens with two attached hydrogens (primary N) is 1. The third kappa shape index (κ3) is 4.20. The van der Waals surface area contributed by atoms with Crippen molar-refractivity contribution in [2.75, 3.05) is 0 Å². The Labute approximate surface area is 149 Å². The van der Waals surface area contributed by atoms with Crippen LogP contribution in [0.4, 0.5) is 0 Å². The Bertz CT molecular complexity index is 538. The highest BCUT2D eigenvalue weighted by Crippen LogP contribution is 2.40. The summed E-state index contributed by atoms with van der Waals surface area (Å²) >= 11 is 6.03. The molecule has 23 heavy (non-hydrogen) atoms. The molecule has 2 bridgehead atoms. The molecule has 3 N–H and O–H groups in total. The first-order valence-corrected chi connectivity index (χ1v) is 8.74. The summed E-state index contributed by atoms with van der Waals surface area (Å²) in [5.74, 6) is 1.05. The largest absolute Gasteiger partial charge is 0.352 e. The lowest BCUT2D eigenvalue weighted by Crippen LogP contribution is -2.54. The van der Waals surface area contributed by atoms with Crippen LogP contribution >= 0.6 is 24.0 Å². The van der Waals surface area contributed by atoms with Crippen molar-refractivity contribution < 1.29 is 4.79 Å². The third-order valence-corrected chi connectivity index (χ3v) is 5.66. The minimum absolute atomic E-state index is 0. The van der Waals surface area contributed by atoms with Crippen molar-refractivity contribution in [2.24, 2.45) is 17.6 Å². The topological polar surface area (TPSA) is 55.1 Å². The Morgan fingerprint density at radius 1 is 1.30 bits per heavy atom. The number of halogens is 2. The number of rotatable bonds is 3. The SMILES string of the molecule is CC(C(=O)NC1C2CCCC1CC(N)C2)c1cccc(Cl)c1.Cl. The molecule has 3 unspecified atom stereocenters. The normalized spacial score (nSPS) is 30.9. The summed E-state index contributed by atoms with van der Waals surface area (Å²) in [6.45, 7) is 1.95. The van der Waals surface area contributed by atoms with Gasteiger partial charge in [-0.1, -0.05) is 30.2 Å². The van der Waals surface area contributed by atoms with Crippen molar-refractivity contribution in [1.82, 2.24) is 5.32 Å². The van der Waals surface area contributed by atoms with Crippen LogP contribution in [0.2, 0.25) is 5.02 Å². The molecular formula is C18H26Cl2N2O. The van der Waals surface area contributed by atoms with E-state index in [2.05, 4.69) is 5.32 Å². The average Bonchev–Trinajstić information content (AvgIpc) is 2.47. The molecule has 0 saturated heterocycles. The minimum Gasteiger partial charge on any atom is -0.352 e. The maximum Gasteiger partial charge on any atom is 0.227 e. The number of hydrogen-bond donors (Lipinski definition) is 2. The van der Waals surface area contributed by atoms with Gasteiger partial charge in [0.25, 0.3) is 0 Å². The zero-order valence-electron chi connectivity index (χ0n) is 13.5. The van der Waals surface area contributed by atoms with Crippen LogP contribution in [-0.2, 0) is 4.79 Å². The van der Waals surface area contributed by atoms with Gasteiger partial charge >= 0.3 is 0 Å².